The monoisotopic (exact) mass is 362 g/mol. The third-order valence-electron chi connectivity index (χ3n) is 3.42. The van der Waals surface area contributed by atoms with Gasteiger partial charge in [-0.1, -0.05) is 23.5 Å². The van der Waals surface area contributed by atoms with E-state index >= 15 is 0 Å². The van der Waals surface area contributed by atoms with E-state index in [0.717, 1.165) is 35.4 Å². The molecule has 24 heavy (non-hydrogen) atoms. The minimum Gasteiger partial charge on any atom is -0.304 e. The van der Waals surface area contributed by atoms with Crippen molar-refractivity contribution >= 4 is 34.6 Å². The van der Waals surface area contributed by atoms with E-state index in [-0.39, 0.29) is 11.2 Å². The molecule has 9 heteroatoms. The lowest BCUT2D eigenvalue weighted by Gasteiger charge is -2.12. The number of aliphatic imine (C=N–C) groups is 1. The van der Waals surface area contributed by atoms with Gasteiger partial charge in [0.15, 0.2) is 16.1 Å². The highest BCUT2D eigenvalue weighted by Gasteiger charge is 2.22. The lowest BCUT2D eigenvalue weighted by Crippen LogP contribution is -2.34. The van der Waals surface area contributed by atoms with Crippen LogP contribution in [0.15, 0.2) is 34.7 Å². The van der Waals surface area contributed by atoms with E-state index in [4.69, 9.17) is 0 Å². The van der Waals surface area contributed by atoms with E-state index in [9.17, 15) is 4.79 Å². The second-order valence-corrected chi connectivity index (χ2v) is 7.47. The third kappa shape index (κ3) is 3.78. The molecule has 1 unspecified atom stereocenters. The molecule has 0 bridgehead atoms. The van der Waals surface area contributed by atoms with Crippen LogP contribution >= 0.6 is 23.5 Å². The van der Waals surface area contributed by atoms with Gasteiger partial charge in [-0.15, -0.1) is 10.2 Å². The van der Waals surface area contributed by atoms with Crippen LogP contribution in [0.4, 0.5) is 0 Å². The van der Waals surface area contributed by atoms with E-state index in [1.807, 2.05) is 30.5 Å². The Labute approximate surface area is 148 Å². The number of carbonyl (C=O) groups excluding carboxylic acids is 1. The number of rotatable bonds is 5. The van der Waals surface area contributed by atoms with Crippen molar-refractivity contribution in [1.82, 2.24) is 25.1 Å². The van der Waals surface area contributed by atoms with Crippen molar-refractivity contribution in [2.24, 2.45) is 4.99 Å². The molecule has 0 aliphatic carbocycles. The smallest absolute Gasteiger partial charge is 0.239 e. The van der Waals surface area contributed by atoms with Gasteiger partial charge in [-0.3, -0.25) is 14.8 Å². The van der Waals surface area contributed by atoms with Crippen molar-refractivity contribution in [3.05, 3.63) is 24.5 Å². The summed E-state index contributed by atoms with van der Waals surface area (Å²) in [5.74, 6) is 1.62. The Hall–Kier alpha value is -1.87. The maximum Gasteiger partial charge on any atom is 0.239 e. The van der Waals surface area contributed by atoms with Gasteiger partial charge in [-0.05, 0) is 26.0 Å². The van der Waals surface area contributed by atoms with Crippen molar-refractivity contribution < 1.29 is 4.79 Å². The molecule has 2 aromatic heterocycles. The highest BCUT2D eigenvalue weighted by Crippen LogP contribution is 2.26. The maximum atomic E-state index is 12.3. The molecule has 1 atom stereocenters. The molecule has 3 heterocycles. The summed E-state index contributed by atoms with van der Waals surface area (Å²) >= 11 is 2.97. The number of aromatic nitrogens is 4. The van der Waals surface area contributed by atoms with Crippen LogP contribution in [0, 0.1) is 0 Å². The first-order valence-electron chi connectivity index (χ1n) is 7.67. The van der Waals surface area contributed by atoms with E-state index in [0.29, 0.717) is 5.17 Å². The molecule has 3 rings (SSSR count). The fourth-order valence-electron chi connectivity index (χ4n) is 2.20. The Morgan fingerprint density at radius 3 is 3.04 bits per heavy atom. The predicted octanol–water partition coefficient (Wildman–Crippen LogP) is 2.06. The number of nitrogens with one attached hydrogen (secondary N) is 1. The number of thioether (sulfide) groups is 2. The van der Waals surface area contributed by atoms with Gasteiger partial charge in [0, 0.05) is 30.3 Å². The van der Waals surface area contributed by atoms with Crippen molar-refractivity contribution in [1.29, 1.82) is 0 Å². The Morgan fingerprint density at radius 1 is 1.50 bits per heavy atom. The molecule has 0 spiro atoms. The highest BCUT2D eigenvalue weighted by molar-refractivity contribution is 8.14. The number of amides is 1. The predicted molar refractivity (Wildman–Crippen MR) is 97.1 cm³/mol. The second kappa shape index (κ2) is 7.80. The molecule has 2 aromatic rings. The first-order chi connectivity index (χ1) is 11.7. The second-order valence-electron chi connectivity index (χ2n) is 5.08. The summed E-state index contributed by atoms with van der Waals surface area (Å²) in [6.45, 7) is 5.37. The van der Waals surface area contributed by atoms with E-state index in [2.05, 4.69) is 25.5 Å². The van der Waals surface area contributed by atoms with Gasteiger partial charge < -0.3 is 9.88 Å². The molecule has 7 nitrogen and oxygen atoms in total. The zero-order valence-electron chi connectivity index (χ0n) is 13.5. The molecule has 0 radical (unpaired) electrons. The number of nitrogens with zero attached hydrogens (tertiary/aromatic N) is 5. The van der Waals surface area contributed by atoms with Crippen molar-refractivity contribution in [2.75, 3.05) is 12.3 Å². The minimum absolute atomic E-state index is 0.0678. The standard InChI is InChI=1S/C15H18N6OS2/c1-3-21-12(11-5-4-6-16-9-11)19-20-15(21)24-10(2)13(22)18-14-17-7-8-23-14/h4-6,9-10H,3,7-8H2,1-2H3,(H,17,18,22). The Bertz CT molecular complexity index is 746. The minimum atomic E-state index is -0.287. The Morgan fingerprint density at radius 2 is 2.38 bits per heavy atom. The molecule has 126 valence electrons. The molecule has 1 N–H and O–H groups in total. The summed E-state index contributed by atoms with van der Waals surface area (Å²) in [6, 6.07) is 3.82. The summed E-state index contributed by atoms with van der Waals surface area (Å²) in [5.41, 5.74) is 0.910. The lowest BCUT2D eigenvalue weighted by molar-refractivity contribution is -0.118. The maximum absolute atomic E-state index is 12.3. The quantitative estimate of drug-likeness (QED) is 0.820. The van der Waals surface area contributed by atoms with Gasteiger partial charge in [-0.2, -0.15) is 0 Å². The summed E-state index contributed by atoms with van der Waals surface area (Å²) < 4.78 is 1.99. The molecular formula is C15H18N6OS2. The molecule has 1 amide bonds. The van der Waals surface area contributed by atoms with Crippen LogP contribution < -0.4 is 5.32 Å². The molecule has 0 saturated carbocycles. The van der Waals surface area contributed by atoms with Crippen LogP contribution in [0.3, 0.4) is 0 Å². The Kier molecular flexibility index (Phi) is 5.52. The summed E-state index contributed by atoms with van der Waals surface area (Å²) in [7, 11) is 0. The fraction of sp³-hybridized carbons (Fsp3) is 0.400. The Balaban J connectivity index is 1.73. The van der Waals surface area contributed by atoms with Gasteiger partial charge in [0.2, 0.25) is 5.91 Å². The van der Waals surface area contributed by atoms with Crippen molar-refractivity contribution in [3.8, 4) is 11.4 Å². The topological polar surface area (TPSA) is 85.1 Å². The number of pyridine rings is 1. The van der Waals surface area contributed by atoms with Gasteiger partial charge in [0.05, 0.1) is 11.8 Å². The van der Waals surface area contributed by atoms with Crippen molar-refractivity contribution in [2.45, 2.75) is 30.8 Å². The SMILES string of the molecule is CCn1c(SC(C)C(=O)NC2=NCCS2)nnc1-c1cccnc1. The van der Waals surface area contributed by atoms with E-state index < -0.39 is 0 Å². The third-order valence-corrected chi connectivity index (χ3v) is 5.39. The molecular weight excluding hydrogens is 344 g/mol. The van der Waals surface area contributed by atoms with Crippen LogP contribution in [-0.2, 0) is 11.3 Å². The average Bonchev–Trinajstić information content (AvgIpc) is 3.25. The first kappa shape index (κ1) is 17.0. The molecule has 0 aromatic carbocycles. The summed E-state index contributed by atoms with van der Waals surface area (Å²) in [4.78, 5) is 20.7. The number of hydrogen-bond acceptors (Lipinski definition) is 7. The fourth-order valence-corrected chi connectivity index (χ4v) is 3.84. The summed E-state index contributed by atoms with van der Waals surface area (Å²) in [5, 5.41) is 12.5. The zero-order chi connectivity index (χ0) is 16.9. The number of amidine groups is 1. The van der Waals surface area contributed by atoms with Crippen LogP contribution in [0.1, 0.15) is 13.8 Å². The molecule has 1 aliphatic heterocycles. The van der Waals surface area contributed by atoms with Gasteiger partial charge >= 0.3 is 0 Å². The molecule has 0 fully saturated rings. The molecule has 0 saturated heterocycles. The zero-order valence-corrected chi connectivity index (χ0v) is 15.1. The average molecular weight is 362 g/mol. The van der Waals surface area contributed by atoms with Crippen LogP contribution in [-0.4, -0.2) is 48.4 Å². The molecule has 1 aliphatic rings. The van der Waals surface area contributed by atoms with Crippen molar-refractivity contribution in [3.63, 3.8) is 0 Å². The van der Waals surface area contributed by atoms with E-state index in [1.54, 1.807) is 24.2 Å². The van der Waals surface area contributed by atoms with Gasteiger partial charge in [0.1, 0.15) is 0 Å². The first-order valence-corrected chi connectivity index (χ1v) is 9.54. The largest absolute Gasteiger partial charge is 0.304 e. The van der Waals surface area contributed by atoms with Crippen LogP contribution in [0.25, 0.3) is 11.4 Å². The number of carbonyl (C=O) groups is 1. The van der Waals surface area contributed by atoms with Gasteiger partial charge in [-0.25, -0.2) is 0 Å². The van der Waals surface area contributed by atoms with E-state index in [1.165, 1.54) is 11.8 Å². The van der Waals surface area contributed by atoms with Gasteiger partial charge in [0.25, 0.3) is 0 Å². The number of hydrogen-bond donors (Lipinski definition) is 1. The highest BCUT2D eigenvalue weighted by atomic mass is 32.2. The normalized spacial score (nSPS) is 15.2. The van der Waals surface area contributed by atoms with Crippen LogP contribution in [0.5, 0.6) is 0 Å². The summed E-state index contributed by atoms with van der Waals surface area (Å²) in [6.07, 6.45) is 3.48. The lowest BCUT2D eigenvalue weighted by atomic mass is 10.3. The van der Waals surface area contributed by atoms with Crippen LogP contribution in [0.2, 0.25) is 0 Å².